The number of carbonyl (C=O) groups excluding carboxylic acids is 2. The van der Waals surface area contributed by atoms with Crippen LogP contribution in [0.15, 0.2) is 29.2 Å². The van der Waals surface area contributed by atoms with Crippen molar-refractivity contribution in [2.24, 2.45) is 11.1 Å². The van der Waals surface area contributed by atoms with Gasteiger partial charge in [0.05, 0.1) is 10.8 Å². The molecule has 1 fully saturated rings. The summed E-state index contributed by atoms with van der Waals surface area (Å²) in [6.45, 7) is 0.585. The Morgan fingerprint density at radius 2 is 2.00 bits per heavy atom. The number of benzene rings is 1. The summed E-state index contributed by atoms with van der Waals surface area (Å²) in [5.41, 5.74) is 0.385. The molecule has 27 heavy (non-hydrogen) atoms. The molecule has 148 valence electrons. The van der Waals surface area contributed by atoms with Gasteiger partial charge in [-0.15, -0.1) is 0 Å². The number of nitrogens with one attached hydrogen (secondary N) is 1. The maximum atomic E-state index is 12.2. The van der Waals surface area contributed by atoms with Crippen LogP contribution in [0.3, 0.4) is 0 Å². The molecule has 2 amide bonds. The number of sulfonamides is 1. The lowest BCUT2D eigenvalue weighted by Crippen LogP contribution is -2.33. The monoisotopic (exact) mass is 397 g/mol. The summed E-state index contributed by atoms with van der Waals surface area (Å²) in [5, 5.41) is 16.4. The van der Waals surface area contributed by atoms with Crippen molar-refractivity contribution < 1.29 is 27.9 Å². The normalized spacial score (nSPS) is 17.1. The number of hydrogen-bond donors (Lipinski definition) is 3. The Morgan fingerprint density at radius 3 is 2.67 bits per heavy atom. The molecule has 1 saturated heterocycles. The second kappa shape index (κ2) is 8.96. The first kappa shape index (κ1) is 20.8. The number of aliphatic carboxylic acids is 1. The first-order valence-electron chi connectivity index (χ1n) is 8.61. The molecular weight excluding hydrogens is 374 g/mol. The van der Waals surface area contributed by atoms with Crippen molar-refractivity contribution in [1.82, 2.24) is 5.32 Å². The number of primary sulfonamides is 1. The fourth-order valence-corrected chi connectivity index (χ4v) is 3.45. The van der Waals surface area contributed by atoms with E-state index in [4.69, 9.17) is 10.2 Å². The molecule has 1 heterocycles. The standard InChI is InChI=1S/C17H23N3O6S/c18-27(25,26)14-6-4-5-13(10-14)20-11-12(9-15(20)21)17(24)19-8-3-1-2-7-16(22)23/h4-6,10,12H,1-3,7-9,11H2,(H,19,24)(H,22,23)(H2,18,25,26). The lowest BCUT2D eigenvalue weighted by Gasteiger charge is -2.17. The quantitative estimate of drug-likeness (QED) is 0.515. The average molecular weight is 397 g/mol. The van der Waals surface area contributed by atoms with Crippen LogP contribution in [0.5, 0.6) is 0 Å². The summed E-state index contributed by atoms with van der Waals surface area (Å²) >= 11 is 0. The van der Waals surface area contributed by atoms with E-state index in [0.717, 1.165) is 0 Å². The van der Waals surface area contributed by atoms with Gasteiger partial charge in [-0.3, -0.25) is 14.4 Å². The third kappa shape index (κ3) is 6.04. The van der Waals surface area contributed by atoms with E-state index in [9.17, 15) is 22.8 Å². The van der Waals surface area contributed by atoms with Crippen molar-refractivity contribution in [1.29, 1.82) is 0 Å². The highest BCUT2D eigenvalue weighted by molar-refractivity contribution is 7.89. The largest absolute Gasteiger partial charge is 0.481 e. The van der Waals surface area contributed by atoms with Crippen LogP contribution in [0.25, 0.3) is 0 Å². The van der Waals surface area contributed by atoms with Gasteiger partial charge in [0, 0.05) is 31.6 Å². The van der Waals surface area contributed by atoms with Crippen LogP contribution in [0.1, 0.15) is 32.1 Å². The molecule has 1 aromatic carbocycles. The fraction of sp³-hybridized carbons (Fsp3) is 0.471. The lowest BCUT2D eigenvalue weighted by molar-refractivity contribution is -0.137. The molecule has 2 rings (SSSR count). The van der Waals surface area contributed by atoms with E-state index in [1.54, 1.807) is 6.07 Å². The molecule has 0 aromatic heterocycles. The van der Waals surface area contributed by atoms with E-state index >= 15 is 0 Å². The number of nitrogens with zero attached hydrogens (tertiary/aromatic N) is 1. The van der Waals surface area contributed by atoms with Gasteiger partial charge in [0.1, 0.15) is 0 Å². The predicted molar refractivity (Wildman–Crippen MR) is 97.4 cm³/mol. The molecule has 1 aliphatic heterocycles. The van der Waals surface area contributed by atoms with Gasteiger partial charge in [0.2, 0.25) is 21.8 Å². The van der Waals surface area contributed by atoms with Gasteiger partial charge in [-0.25, -0.2) is 13.6 Å². The van der Waals surface area contributed by atoms with Crippen molar-refractivity contribution in [3.63, 3.8) is 0 Å². The number of carboxylic acid groups (broad SMARTS) is 1. The number of carboxylic acids is 1. The van der Waals surface area contributed by atoms with Crippen LogP contribution in [0.4, 0.5) is 5.69 Å². The summed E-state index contributed by atoms with van der Waals surface area (Å²) in [6.07, 6.45) is 2.08. The van der Waals surface area contributed by atoms with Crippen molar-refractivity contribution in [3.8, 4) is 0 Å². The SMILES string of the molecule is NS(=O)(=O)c1cccc(N2CC(C(=O)NCCCCCC(=O)O)CC2=O)c1. The van der Waals surface area contributed by atoms with E-state index < -0.39 is 21.9 Å². The van der Waals surface area contributed by atoms with Gasteiger partial charge in [-0.05, 0) is 31.0 Å². The third-order valence-corrected chi connectivity index (χ3v) is 5.23. The molecule has 10 heteroatoms. The average Bonchev–Trinajstić information content (AvgIpc) is 2.99. The highest BCUT2D eigenvalue weighted by atomic mass is 32.2. The zero-order valence-corrected chi connectivity index (χ0v) is 15.6. The van der Waals surface area contributed by atoms with E-state index in [2.05, 4.69) is 5.32 Å². The number of hydrogen-bond acceptors (Lipinski definition) is 5. The van der Waals surface area contributed by atoms with Crippen LogP contribution in [-0.2, 0) is 24.4 Å². The van der Waals surface area contributed by atoms with Gasteiger partial charge in [0.15, 0.2) is 0 Å². The molecule has 0 saturated carbocycles. The van der Waals surface area contributed by atoms with E-state index in [0.29, 0.717) is 31.5 Å². The minimum atomic E-state index is -3.88. The number of unbranched alkanes of at least 4 members (excludes halogenated alkanes) is 2. The van der Waals surface area contributed by atoms with E-state index in [-0.39, 0.29) is 36.1 Å². The van der Waals surface area contributed by atoms with Crippen LogP contribution < -0.4 is 15.4 Å². The first-order valence-corrected chi connectivity index (χ1v) is 10.2. The minimum absolute atomic E-state index is 0.0461. The van der Waals surface area contributed by atoms with Crippen molar-refractivity contribution in [3.05, 3.63) is 24.3 Å². The van der Waals surface area contributed by atoms with Gasteiger partial charge in [0.25, 0.3) is 0 Å². The van der Waals surface area contributed by atoms with Gasteiger partial charge < -0.3 is 15.3 Å². The predicted octanol–water partition coefficient (Wildman–Crippen LogP) is 0.448. The highest BCUT2D eigenvalue weighted by Gasteiger charge is 2.35. The number of amides is 2. The van der Waals surface area contributed by atoms with Crippen LogP contribution in [0, 0.1) is 5.92 Å². The van der Waals surface area contributed by atoms with Crippen molar-refractivity contribution >= 4 is 33.5 Å². The molecule has 1 aliphatic rings. The molecule has 1 aromatic rings. The summed E-state index contributed by atoms with van der Waals surface area (Å²) in [4.78, 5) is 36.2. The maximum Gasteiger partial charge on any atom is 0.303 e. The zero-order valence-electron chi connectivity index (χ0n) is 14.8. The molecule has 0 aliphatic carbocycles. The van der Waals surface area contributed by atoms with Crippen LogP contribution in [0.2, 0.25) is 0 Å². The minimum Gasteiger partial charge on any atom is -0.481 e. The molecule has 9 nitrogen and oxygen atoms in total. The first-order chi connectivity index (χ1) is 12.7. The number of carbonyl (C=O) groups is 3. The van der Waals surface area contributed by atoms with Crippen LogP contribution >= 0.6 is 0 Å². The Bertz CT molecular complexity index is 824. The van der Waals surface area contributed by atoms with Gasteiger partial charge in [-0.1, -0.05) is 12.5 Å². The van der Waals surface area contributed by atoms with Crippen LogP contribution in [-0.4, -0.2) is 44.4 Å². The molecule has 1 atom stereocenters. The van der Waals surface area contributed by atoms with Gasteiger partial charge in [-0.2, -0.15) is 0 Å². The Morgan fingerprint density at radius 1 is 1.26 bits per heavy atom. The summed E-state index contributed by atoms with van der Waals surface area (Å²) < 4.78 is 22.9. The molecule has 0 spiro atoms. The zero-order chi connectivity index (χ0) is 20.0. The second-order valence-corrected chi connectivity index (χ2v) is 8.00. The Labute approximate surface area is 157 Å². The molecule has 0 bridgehead atoms. The lowest BCUT2D eigenvalue weighted by atomic mass is 10.1. The number of nitrogens with two attached hydrogens (primary N) is 1. The molecular formula is C17H23N3O6S. The summed E-state index contributed by atoms with van der Waals surface area (Å²) in [7, 11) is -3.88. The Hall–Kier alpha value is -2.46. The molecule has 4 N–H and O–H groups in total. The summed E-state index contributed by atoms with van der Waals surface area (Å²) in [5.74, 6) is -1.86. The molecule has 1 unspecified atom stereocenters. The van der Waals surface area contributed by atoms with Crippen molar-refractivity contribution in [2.75, 3.05) is 18.0 Å². The Kier molecular flexibility index (Phi) is 6.92. The summed E-state index contributed by atoms with van der Waals surface area (Å²) in [6, 6.07) is 5.74. The smallest absolute Gasteiger partial charge is 0.303 e. The second-order valence-electron chi connectivity index (χ2n) is 6.44. The maximum absolute atomic E-state index is 12.2. The third-order valence-electron chi connectivity index (χ3n) is 4.32. The number of rotatable bonds is 9. The highest BCUT2D eigenvalue weighted by Crippen LogP contribution is 2.26. The van der Waals surface area contributed by atoms with Crippen molar-refractivity contribution in [2.45, 2.75) is 37.0 Å². The van der Waals surface area contributed by atoms with E-state index in [1.807, 2.05) is 0 Å². The Balaban J connectivity index is 1.88. The topological polar surface area (TPSA) is 147 Å². The van der Waals surface area contributed by atoms with Gasteiger partial charge >= 0.3 is 5.97 Å². The number of anilines is 1. The fourth-order valence-electron chi connectivity index (χ4n) is 2.90. The molecule has 0 radical (unpaired) electrons. The van der Waals surface area contributed by atoms with E-state index in [1.165, 1.54) is 23.1 Å².